The van der Waals surface area contributed by atoms with Crippen molar-refractivity contribution in [1.82, 2.24) is 0 Å². The smallest absolute Gasteiger partial charge is 0.330 e. The van der Waals surface area contributed by atoms with Gasteiger partial charge in [0.25, 0.3) is 0 Å². The molecule has 1 aromatic carbocycles. The van der Waals surface area contributed by atoms with E-state index in [2.05, 4.69) is 0 Å². The van der Waals surface area contributed by atoms with E-state index in [-0.39, 0.29) is 17.9 Å². The van der Waals surface area contributed by atoms with Crippen LogP contribution < -0.4 is 5.73 Å². The van der Waals surface area contributed by atoms with Gasteiger partial charge in [0.2, 0.25) is 0 Å². The Morgan fingerprint density at radius 2 is 1.94 bits per heavy atom. The van der Waals surface area contributed by atoms with Gasteiger partial charge in [0.1, 0.15) is 0 Å². The minimum absolute atomic E-state index is 0.0556. The van der Waals surface area contributed by atoms with E-state index in [1.54, 1.807) is 0 Å². The van der Waals surface area contributed by atoms with E-state index in [4.69, 9.17) is 5.73 Å². The highest BCUT2D eigenvalue weighted by Crippen LogP contribution is 2.32. The van der Waals surface area contributed by atoms with Gasteiger partial charge >= 0.3 is 6.18 Å². The van der Waals surface area contributed by atoms with Gasteiger partial charge in [0, 0.05) is 12.0 Å². The highest BCUT2D eigenvalue weighted by Gasteiger charge is 2.34. The van der Waals surface area contributed by atoms with Crippen molar-refractivity contribution in [1.29, 1.82) is 0 Å². The second-order valence-electron chi connectivity index (χ2n) is 4.18. The zero-order valence-corrected chi connectivity index (χ0v) is 10.1. The van der Waals surface area contributed by atoms with Gasteiger partial charge in [0.15, 0.2) is 5.78 Å². The molecule has 0 fully saturated rings. The molecule has 5 heteroatoms. The van der Waals surface area contributed by atoms with Crippen LogP contribution in [0.15, 0.2) is 24.3 Å². The summed E-state index contributed by atoms with van der Waals surface area (Å²) in [6.07, 6.45) is -3.77. The van der Waals surface area contributed by atoms with Crippen molar-refractivity contribution < 1.29 is 18.0 Å². The van der Waals surface area contributed by atoms with Crippen LogP contribution in [-0.4, -0.2) is 12.3 Å². The third kappa shape index (κ3) is 3.57. The van der Waals surface area contributed by atoms with Gasteiger partial charge in [-0.15, -0.1) is 0 Å². The van der Waals surface area contributed by atoms with Gasteiger partial charge in [-0.3, -0.25) is 4.79 Å². The molecule has 0 aromatic heterocycles. The number of hydrogen-bond acceptors (Lipinski definition) is 2. The van der Waals surface area contributed by atoms with Gasteiger partial charge in [-0.25, -0.2) is 0 Å². The molecule has 0 spiro atoms. The van der Waals surface area contributed by atoms with Gasteiger partial charge < -0.3 is 5.73 Å². The molecule has 1 unspecified atom stereocenters. The second-order valence-corrected chi connectivity index (χ2v) is 4.18. The number of benzene rings is 1. The van der Waals surface area contributed by atoms with E-state index in [0.29, 0.717) is 13.0 Å². The number of alkyl halides is 3. The number of halogens is 3. The van der Waals surface area contributed by atoms with Gasteiger partial charge in [-0.1, -0.05) is 31.5 Å². The Hall–Kier alpha value is -1.36. The maximum atomic E-state index is 12.7. The predicted octanol–water partition coefficient (Wildman–Crippen LogP) is 3.26. The van der Waals surface area contributed by atoms with Crippen molar-refractivity contribution in [3.8, 4) is 0 Å². The fourth-order valence-corrected chi connectivity index (χ4v) is 1.74. The Kier molecular flexibility index (Phi) is 4.90. The molecule has 0 aliphatic carbocycles. The van der Waals surface area contributed by atoms with Gasteiger partial charge in [-0.2, -0.15) is 13.2 Å². The molecular formula is C13H16F3NO. The average molecular weight is 259 g/mol. The quantitative estimate of drug-likeness (QED) is 0.825. The van der Waals surface area contributed by atoms with Gasteiger partial charge in [0.05, 0.1) is 5.56 Å². The molecule has 0 bridgehead atoms. The third-order valence-corrected chi connectivity index (χ3v) is 2.92. The first-order chi connectivity index (χ1) is 8.40. The van der Waals surface area contributed by atoms with E-state index in [1.807, 2.05) is 6.92 Å². The van der Waals surface area contributed by atoms with Crippen LogP contribution in [0.2, 0.25) is 0 Å². The van der Waals surface area contributed by atoms with Gasteiger partial charge in [-0.05, 0) is 18.5 Å². The zero-order valence-electron chi connectivity index (χ0n) is 10.1. The summed E-state index contributed by atoms with van der Waals surface area (Å²) >= 11 is 0. The molecule has 1 atom stereocenters. The van der Waals surface area contributed by atoms with E-state index in [0.717, 1.165) is 6.07 Å². The Bertz CT molecular complexity index is 411. The zero-order chi connectivity index (χ0) is 13.8. The molecule has 18 heavy (non-hydrogen) atoms. The largest absolute Gasteiger partial charge is 0.417 e. The maximum Gasteiger partial charge on any atom is 0.417 e. The van der Waals surface area contributed by atoms with Crippen molar-refractivity contribution in [2.24, 2.45) is 11.7 Å². The topological polar surface area (TPSA) is 43.1 Å². The SMILES string of the molecule is CCC(CN)CC(=O)c1ccccc1C(F)(F)F. The Morgan fingerprint density at radius 1 is 1.33 bits per heavy atom. The lowest BCUT2D eigenvalue weighted by molar-refractivity contribution is -0.137. The number of rotatable bonds is 5. The van der Waals surface area contributed by atoms with Crippen molar-refractivity contribution >= 4 is 5.78 Å². The Labute approximate surface area is 104 Å². The number of Topliss-reactive ketones (excluding diaryl/α,β-unsaturated/α-hetero) is 1. The number of hydrogen-bond donors (Lipinski definition) is 1. The minimum Gasteiger partial charge on any atom is -0.330 e. The number of nitrogens with two attached hydrogens (primary N) is 1. The first-order valence-electron chi connectivity index (χ1n) is 5.79. The van der Waals surface area contributed by atoms with Crippen molar-refractivity contribution in [3.05, 3.63) is 35.4 Å². The fraction of sp³-hybridized carbons (Fsp3) is 0.462. The van der Waals surface area contributed by atoms with Crippen molar-refractivity contribution in [2.75, 3.05) is 6.54 Å². The lowest BCUT2D eigenvalue weighted by Gasteiger charge is -2.14. The predicted molar refractivity (Wildman–Crippen MR) is 63.2 cm³/mol. The summed E-state index contributed by atoms with van der Waals surface area (Å²) in [4.78, 5) is 11.9. The summed E-state index contributed by atoms with van der Waals surface area (Å²) < 4.78 is 38.2. The number of carbonyl (C=O) groups is 1. The Balaban J connectivity index is 2.99. The van der Waals surface area contributed by atoms with E-state index < -0.39 is 17.5 Å². The van der Waals surface area contributed by atoms with Crippen LogP contribution in [0.5, 0.6) is 0 Å². The van der Waals surface area contributed by atoms with Crippen LogP contribution in [-0.2, 0) is 6.18 Å². The maximum absolute atomic E-state index is 12.7. The molecule has 2 N–H and O–H groups in total. The molecular weight excluding hydrogens is 243 g/mol. The highest BCUT2D eigenvalue weighted by molar-refractivity contribution is 5.97. The standard InChI is InChI=1S/C13H16F3NO/c1-2-9(8-17)7-12(18)10-5-3-4-6-11(10)13(14,15)16/h3-6,9H,2,7-8,17H2,1H3. The molecule has 100 valence electrons. The average Bonchev–Trinajstić information content (AvgIpc) is 2.34. The molecule has 0 aliphatic heterocycles. The number of carbonyl (C=O) groups excluding carboxylic acids is 1. The third-order valence-electron chi connectivity index (χ3n) is 2.92. The minimum atomic E-state index is -4.50. The summed E-state index contributed by atoms with van der Waals surface area (Å²) in [6, 6.07) is 4.86. The molecule has 1 rings (SSSR count). The lowest BCUT2D eigenvalue weighted by Crippen LogP contribution is -2.20. The summed E-state index contributed by atoms with van der Waals surface area (Å²) in [5, 5.41) is 0. The monoisotopic (exact) mass is 259 g/mol. The second kappa shape index (κ2) is 6.00. The van der Waals surface area contributed by atoms with E-state index in [1.165, 1.54) is 18.2 Å². The van der Waals surface area contributed by atoms with Crippen LogP contribution in [0, 0.1) is 5.92 Å². The molecule has 0 saturated heterocycles. The van der Waals surface area contributed by atoms with Crippen LogP contribution in [0.3, 0.4) is 0 Å². The van der Waals surface area contributed by atoms with Crippen molar-refractivity contribution in [2.45, 2.75) is 25.9 Å². The molecule has 0 saturated carbocycles. The first kappa shape index (κ1) is 14.7. The molecule has 0 aliphatic rings. The van der Waals surface area contributed by atoms with Crippen molar-refractivity contribution in [3.63, 3.8) is 0 Å². The van der Waals surface area contributed by atoms with Crippen LogP contribution in [0.4, 0.5) is 13.2 Å². The van der Waals surface area contributed by atoms with Crippen LogP contribution in [0.25, 0.3) is 0 Å². The Morgan fingerprint density at radius 3 is 2.44 bits per heavy atom. The molecule has 0 heterocycles. The normalized spacial score (nSPS) is 13.4. The summed E-state index contributed by atoms with van der Waals surface area (Å²) in [6.45, 7) is 2.16. The summed E-state index contributed by atoms with van der Waals surface area (Å²) in [7, 11) is 0. The summed E-state index contributed by atoms with van der Waals surface area (Å²) in [5.74, 6) is -0.570. The molecule has 0 amide bonds. The first-order valence-corrected chi connectivity index (χ1v) is 5.79. The summed E-state index contributed by atoms with van der Waals surface area (Å²) in [5.41, 5.74) is 4.32. The number of ketones is 1. The van der Waals surface area contributed by atoms with Crippen LogP contribution >= 0.6 is 0 Å². The van der Waals surface area contributed by atoms with E-state index >= 15 is 0 Å². The van der Waals surface area contributed by atoms with E-state index in [9.17, 15) is 18.0 Å². The van der Waals surface area contributed by atoms with Crippen LogP contribution in [0.1, 0.15) is 35.7 Å². The molecule has 0 radical (unpaired) electrons. The highest BCUT2D eigenvalue weighted by atomic mass is 19.4. The fourth-order valence-electron chi connectivity index (χ4n) is 1.74. The lowest BCUT2D eigenvalue weighted by atomic mass is 9.93. The molecule has 2 nitrogen and oxygen atoms in total. The molecule has 1 aromatic rings.